The van der Waals surface area contributed by atoms with Gasteiger partial charge in [0, 0.05) is 20.1 Å². The van der Waals surface area contributed by atoms with Crippen molar-refractivity contribution in [1.82, 2.24) is 4.90 Å². The summed E-state index contributed by atoms with van der Waals surface area (Å²) in [5.74, 6) is -0.0956. The van der Waals surface area contributed by atoms with Crippen molar-refractivity contribution in [3.05, 3.63) is 23.8 Å². The van der Waals surface area contributed by atoms with Crippen LogP contribution in [0.2, 0.25) is 0 Å². The van der Waals surface area contributed by atoms with Gasteiger partial charge in [0.05, 0.1) is 23.5 Å². The van der Waals surface area contributed by atoms with E-state index in [0.29, 0.717) is 18.8 Å². The second kappa shape index (κ2) is 6.69. The summed E-state index contributed by atoms with van der Waals surface area (Å²) in [6, 6.07) is 3.13. The minimum absolute atomic E-state index is 0.000304. The lowest BCUT2D eigenvalue weighted by Crippen LogP contribution is -2.39. The van der Waals surface area contributed by atoms with E-state index in [0.717, 1.165) is 12.1 Å². The quantitative estimate of drug-likeness (QED) is 0.851. The maximum Gasteiger partial charge on any atom is 0.416 e. The summed E-state index contributed by atoms with van der Waals surface area (Å²) in [5, 5.41) is 0. The van der Waals surface area contributed by atoms with Gasteiger partial charge in [-0.15, -0.1) is 0 Å². The fourth-order valence-electron chi connectivity index (χ4n) is 2.04. The highest BCUT2D eigenvalue weighted by Crippen LogP contribution is 2.33. The van der Waals surface area contributed by atoms with E-state index in [1.807, 2.05) is 13.8 Å². The molecule has 1 amide bonds. The third-order valence-electron chi connectivity index (χ3n) is 3.25. The summed E-state index contributed by atoms with van der Waals surface area (Å²) >= 11 is 0. The molecule has 0 saturated heterocycles. The number of carbonyl (C=O) groups excluding carboxylic acids is 1. The number of hydrogen-bond donors (Lipinski definition) is 1. The Morgan fingerprint density at radius 2 is 1.81 bits per heavy atom. The zero-order valence-electron chi connectivity index (χ0n) is 12.4. The zero-order valence-corrected chi connectivity index (χ0v) is 12.4. The molecule has 0 aliphatic heterocycles. The number of nitrogens with two attached hydrogens (primary N) is 1. The highest BCUT2D eigenvalue weighted by atomic mass is 19.4. The molecule has 1 aromatic carbocycles. The summed E-state index contributed by atoms with van der Waals surface area (Å²) in [5.41, 5.74) is 5.28. The molecule has 7 heteroatoms. The first-order chi connectivity index (χ1) is 9.70. The zero-order chi connectivity index (χ0) is 16.2. The van der Waals surface area contributed by atoms with Crippen LogP contribution >= 0.6 is 0 Å². The van der Waals surface area contributed by atoms with Gasteiger partial charge in [-0.2, -0.15) is 13.2 Å². The Hall–Kier alpha value is -1.92. The van der Waals surface area contributed by atoms with E-state index >= 15 is 0 Å². The van der Waals surface area contributed by atoms with Crippen LogP contribution in [0.25, 0.3) is 0 Å². The first kappa shape index (κ1) is 17.1. The Morgan fingerprint density at radius 1 is 1.24 bits per heavy atom. The lowest BCUT2D eigenvalue weighted by Gasteiger charge is -2.25. The molecule has 0 aliphatic rings. The fourth-order valence-corrected chi connectivity index (χ4v) is 2.04. The Bertz CT molecular complexity index is 499. The molecule has 21 heavy (non-hydrogen) atoms. The molecular weight excluding hydrogens is 283 g/mol. The Kier molecular flexibility index (Phi) is 5.46. The van der Waals surface area contributed by atoms with E-state index in [2.05, 4.69) is 0 Å². The molecule has 0 spiro atoms. The number of nitrogens with zero attached hydrogens (tertiary/aromatic N) is 2. The minimum Gasteiger partial charge on any atom is -0.397 e. The molecule has 0 aromatic heterocycles. The van der Waals surface area contributed by atoms with Gasteiger partial charge < -0.3 is 15.5 Å². The number of hydrogen-bond acceptors (Lipinski definition) is 3. The lowest BCUT2D eigenvalue weighted by molar-refractivity contribution is -0.137. The molecule has 1 rings (SSSR count). The maximum atomic E-state index is 12.6. The van der Waals surface area contributed by atoms with Crippen LogP contribution in [-0.4, -0.2) is 37.5 Å². The van der Waals surface area contributed by atoms with E-state index in [-0.39, 0.29) is 18.1 Å². The lowest BCUT2D eigenvalue weighted by atomic mass is 10.1. The van der Waals surface area contributed by atoms with Crippen LogP contribution in [-0.2, 0) is 11.0 Å². The average Bonchev–Trinajstić information content (AvgIpc) is 2.38. The fraction of sp³-hybridized carbons (Fsp3) is 0.500. The van der Waals surface area contributed by atoms with Crippen molar-refractivity contribution in [3.63, 3.8) is 0 Å². The monoisotopic (exact) mass is 303 g/mol. The molecule has 118 valence electrons. The van der Waals surface area contributed by atoms with Crippen LogP contribution in [0.15, 0.2) is 18.2 Å². The number of nitrogen functional groups attached to an aromatic ring is 1. The molecule has 4 nitrogen and oxygen atoms in total. The second-order valence-corrected chi connectivity index (χ2v) is 4.69. The number of amides is 1. The number of carbonyl (C=O) groups is 1. The van der Waals surface area contributed by atoms with Crippen molar-refractivity contribution in [2.45, 2.75) is 20.0 Å². The van der Waals surface area contributed by atoms with Gasteiger partial charge in [0.1, 0.15) is 0 Å². The van der Waals surface area contributed by atoms with E-state index < -0.39 is 11.7 Å². The van der Waals surface area contributed by atoms with Gasteiger partial charge in [0.2, 0.25) is 5.91 Å². The number of anilines is 2. The molecular formula is C14H20F3N3O. The van der Waals surface area contributed by atoms with E-state index in [1.54, 1.807) is 16.8 Å². The van der Waals surface area contributed by atoms with Crippen molar-refractivity contribution in [3.8, 4) is 0 Å². The van der Waals surface area contributed by atoms with E-state index in [1.165, 1.54) is 6.07 Å². The molecule has 0 unspecified atom stereocenters. The Balaban J connectivity index is 2.89. The third-order valence-corrected chi connectivity index (χ3v) is 3.25. The second-order valence-electron chi connectivity index (χ2n) is 4.69. The number of benzene rings is 1. The Morgan fingerprint density at radius 3 is 2.24 bits per heavy atom. The van der Waals surface area contributed by atoms with Crippen molar-refractivity contribution in [2.75, 3.05) is 37.3 Å². The minimum atomic E-state index is -4.43. The summed E-state index contributed by atoms with van der Waals surface area (Å²) < 4.78 is 37.7. The van der Waals surface area contributed by atoms with Crippen LogP contribution in [0.3, 0.4) is 0 Å². The number of rotatable bonds is 5. The molecule has 1 aromatic rings. The first-order valence-corrected chi connectivity index (χ1v) is 6.66. The number of halogens is 3. The van der Waals surface area contributed by atoms with Crippen molar-refractivity contribution in [1.29, 1.82) is 0 Å². The Labute approximate surface area is 122 Å². The van der Waals surface area contributed by atoms with Gasteiger partial charge in [-0.1, -0.05) is 0 Å². The normalized spacial score (nSPS) is 11.3. The summed E-state index contributed by atoms with van der Waals surface area (Å²) in [6.45, 7) is 4.98. The summed E-state index contributed by atoms with van der Waals surface area (Å²) in [4.78, 5) is 15.2. The highest BCUT2D eigenvalue weighted by Gasteiger charge is 2.31. The molecule has 0 radical (unpaired) electrons. The molecule has 0 fully saturated rings. The van der Waals surface area contributed by atoms with Gasteiger partial charge in [-0.05, 0) is 32.0 Å². The van der Waals surface area contributed by atoms with Crippen LogP contribution < -0.4 is 10.6 Å². The largest absolute Gasteiger partial charge is 0.416 e. The van der Waals surface area contributed by atoms with Crippen molar-refractivity contribution >= 4 is 17.3 Å². The summed E-state index contributed by atoms with van der Waals surface area (Å²) in [7, 11) is 1.63. The van der Waals surface area contributed by atoms with Crippen molar-refractivity contribution in [2.24, 2.45) is 0 Å². The predicted molar refractivity (Wildman–Crippen MR) is 77.1 cm³/mol. The maximum absolute atomic E-state index is 12.6. The third kappa shape index (κ3) is 4.27. The predicted octanol–water partition coefficient (Wildman–Crippen LogP) is 2.59. The van der Waals surface area contributed by atoms with Gasteiger partial charge >= 0.3 is 6.18 Å². The molecule has 0 bridgehead atoms. The molecule has 0 heterocycles. The first-order valence-electron chi connectivity index (χ1n) is 6.66. The molecule has 0 saturated carbocycles. The van der Waals surface area contributed by atoms with Crippen molar-refractivity contribution < 1.29 is 18.0 Å². The van der Waals surface area contributed by atoms with Gasteiger partial charge in [-0.3, -0.25) is 4.79 Å². The van der Waals surface area contributed by atoms with Crippen LogP contribution in [0.1, 0.15) is 19.4 Å². The van der Waals surface area contributed by atoms with E-state index in [9.17, 15) is 18.0 Å². The topological polar surface area (TPSA) is 49.6 Å². The SMILES string of the molecule is CCN(CC)C(=O)CN(C)c1ccc(C(F)(F)F)cc1N. The molecule has 0 atom stereocenters. The smallest absolute Gasteiger partial charge is 0.397 e. The average molecular weight is 303 g/mol. The van der Waals surface area contributed by atoms with Gasteiger partial charge in [0.25, 0.3) is 0 Å². The standard InChI is InChI=1S/C14H20F3N3O/c1-4-20(5-2)13(21)9-19(3)12-7-6-10(8-11(12)18)14(15,16)17/h6-8H,4-5,9,18H2,1-3H3. The molecule has 0 aliphatic carbocycles. The number of likely N-dealkylation sites (N-methyl/N-ethyl adjacent to an activating group) is 2. The summed E-state index contributed by atoms with van der Waals surface area (Å²) in [6.07, 6.45) is -4.43. The van der Waals surface area contributed by atoms with Crippen LogP contribution in [0.4, 0.5) is 24.5 Å². The number of alkyl halides is 3. The van der Waals surface area contributed by atoms with Crippen LogP contribution in [0.5, 0.6) is 0 Å². The van der Waals surface area contributed by atoms with Gasteiger partial charge in [-0.25, -0.2) is 0 Å². The highest BCUT2D eigenvalue weighted by molar-refractivity contribution is 5.83. The van der Waals surface area contributed by atoms with Gasteiger partial charge in [0.15, 0.2) is 0 Å². The van der Waals surface area contributed by atoms with E-state index in [4.69, 9.17) is 5.73 Å². The van der Waals surface area contributed by atoms with Crippen LogP contribution in [0, 0.1) is 0 Å². The molecule has 2 N–H and O–H groups in total.